The first-order valence-corrected chi connectivity index (χ1v) is 4.12. The van der Waals surface area contributed by atoms with E-state index in [-0.39, 0.29) is 12.5 Å². The van der Waals surface area contributed by atoms with Crippen LogP contribution in [0.2, 0.25) is 0 Å². The van der Waals surface area contributed by atoms with Gasteiger partial charge in [-0.25, -0.2) is 4.79 Å². The van der Waals surface area contributed by atoms with Crippen molar-refractivity contribution in [2.45, 2.75) is 18.9 Å². The molecule has 1 heterocycles. The highest BCUT2D eigenvalue weighted by atomic mass is 16.5. The molecule has 74 valence electrons. The molecule has 1 rings (SSSR count). The van der Waals surface area contributed by atoms with Crippen LogP contribution in [0.4, 0.5) is 0 Å². The van der Waals surface area contributed by atoms with Crippen LogP contribution in [0.25, 0.3) is 0 Å². The van der Waals surface area contributed by atoms with Gasteiger partial charge in [0.15, 0.2) is 0 Å². The molecule has 0 spiro atoms. The Morgan fingerprint density at radius 2 is 2.15 bits per heavy atom. The van der Waals surface area contributed by atoms with E-state index in [4.69, 9.17) is 5.73 Å². The number of likely N-dealkylation sites (tertiary alicyclic amines) is 1. The second-order valence-corrected chi connectivity index (χ2v) is 3.34. The number of carbonyl (C=O) groups excluding carboxylic acids is 2. The summed E-state index contributed by atoms with van der Waals surface area (Å²) in [7, 11) is 1.30. The molecule has 1 amide bonds. The van der Waals surface area contributed by atoms with E-state index in [9.17, 15) is 9.59 Å². The summed E-state index contributed by atoms with van der Waals surface area (Å²) in [6.45, 7) is 2.25. The summed E-state index contributed by atoms with van der Waals surface area (Å²) in [4.78, 5) is 23.7. The first kappa shape index (κ1) is 9.98. The molecule has 1 atom stereocenters. The molecule has 0 aromatic heterocycles. The predicted molar refractivity (Wildman–Crippen MR) is 45.8 cm³/mol. The van der Waals surface area contributed by atoms with Gasteiger partial charge in [-0.3, -0.25) is 4.79 Å². The Balaban J connectivity index is 2.66. The van der Waals surface area contributed by atoms with Crippen molar-refractivity contribution in [2.75, 3.05) is 20.2 Å². The fraction of sp³-hybridized carbons (Fsp3) is 0.750. The van der Waals surface area contributed by atoms with Crippen LogP contribution in [0.3, 0.4) is 0 Å². The number of nitrogens with zero attached hydrogens (tertiary/aromatic N) is 1. The Bertz CT molecular complexity index is 242. The van der Waals surface area contributed by atoms with Crippen LogP contribution in [0.15, 0.2) is 0 Å². The van der Waals surface area contributed by atoms with Gasteiger partial charge in [-0.15, -0.1) is 0 Å². The average molecular weight is 186 g/mol. The highest BCUT2D eigenvalue weighted by Crippen LogP contribution is 2.19. The minimum Gasteiger partial charge on any atom is -0.468 e. The molecule has 0 aliphatic carbocycles. The molecular weight excluding hydrogens is 172 g/mol. The minimum absolute atomic E-state index is 0.0590. The number of carbonyl (C=O) groups is 2. The maximum absolute atomic E-state index is 11.2. The van der Waals surface area contributed by atoms with Crippen molar-refractivity contribution in [3.8, 4) is 0 Å². The predicted octanol–water partition coefficient (Wildman–Crippen LogP) is -0.891. The molecule has 1 aliphatic rings. The van der Waals surface area contributed by atoms with Gasteiger partial charge in [0.25, 0.3) is 0 Å². The van der Waals surface area contributed by atoms with Gasteiger partial charge in [0.05, 0.1) is 7.11 Å². The Morgan fingerprint density at radius 3 is 2.54 bits per heavy atom. The monoisotopic (exact) mass is 186 g/mol. The third kappa shape index (κ3) is 1.80. The molecule has 0 saturated carbocycles. The van der Waals surface area contributed by atoms with Crippen molar-refractivity contribution in [3.63, 3.8) is 0 Å². The fourth-order valence-electron chi connectivity index (χ4n) is 1.47. The summed E-state index contributed by atoms with van der Waals surface area (Å²) < 4.78 is 4.56. The highest BCUT2D eigenvalue weighted by Gasteiger charge is 2.42. The normalized spacial score (nSPS) is 27.5. The van der Waals surface area contributed by atoms with Crippen LogP contribution >= 0.6 is 0 Å². The SMILES string of the molecule is COC(=O)C1(N)CCN(C(C)=O)C1. The van der Waals surface area contributed by atoms with Crippen LogP contribution in [0, 0.1) is 0 Å². The smallest absolute Gasteiger partial charge is 0.327 e. The molecule has 1 fully saturated rings. The third-order valence-corrected chi connectivity index (χ3v) is 2.34. The second kappa shape index (κ2) is 3.33. The van der Waals surface area contributed by atoms with E-state index in [2.05, 4.69) is 4.74 Å². The lowest BCUT2D eigenvalue weighted by atomic mass is 10.0. The van der Waals surface area contributed by atoms with E-state index in [1.54, 1.807) is 4.90 Å². The molecule has 0 aromatic carbocycles. The molecular formula is C8H14N2O3. The van der Waals surface area contributed by atoms with Crippen molar-refractivity contribution in [1.82, 2.24) is 4.90 Å². The molecule has 0 aromatic rings. The summed E-state index contributed by atoms with van der Waals surface area (Å²) in [5.74, 6) is -0.507. The van der Waals surface area contributed by atoms with Crippen molar-refractivity contribution >= 4 is 11.9 Å². The maximum Gasteiger partial charge on any atom is 0.327 e. The lowest BCUT2D eigenvalue weighted by molar-refractivity contribution is -0.146. The third-order valence-electron chi connectivity index (χ3n) is 2.34. The van der Waals surface area contributed by atoms with E-state index in [1.165, 1.54) is 14.0 Å². The molecule has 5 nitrogen and oxygen atoms in total. The second-order valence-electron chi connectivity index (χ2n) is 3.34. The Morgan fingerprint density at radius 1 is 1.54 bits per heavy atom. The standard InChI is InChI=1S/C8H14N2O3/c1-6(11)10-4-3-8(9,5-10)7(12)13-2/h3-5,9H2,1-2H3. The molecule has 0 radical (unpaired) electrons. The molecule has 13 heavy (non-hydrogen) atoms. The molecule has 1 saturated heterocycles. The summed E-state index contributed by atoms with van der Waals surface area (Å²) in [5, 5.41) is 0. The van der Waals surface area contributed by atoms with E-state index in [0.29, 0.717) is 13.0 Å². The molecule has 0 bridgehead atoms. The van der Waals surface area contributed by atoms with E-state index >= 15 is 0 Å². The average Bonchev–Trinajstić information content (AvgIpc) is 2.48. The first-order valence-electron chi connectivity index (χ1n) is 4.12. The van der Waals surface area contributed by atoms with Gasteiger partial charge in [0, 0.05) is 20.0 Å². The van der Waals surface area contributed by atoms with Gasteiger partial charge in [-0.2, -0.15) is 0 Å². The summed E-state index contributed by atoms with van der Waals surface area (Å²) in [5.41, 5.74) is 4.77. The minimum atomic E-state index is -1.000. The molecule has 1 aliphatic heterocycles. The molecule has 1 unspecified atom stereocenters. The Labute approximate surface area is 76.8 Å². The number of esters is 1. The summed E-state index contributed by atoms with van der Waals surface area (Å²) in [6.07, 6.45) is 0.471. The molecule has 5 heteroatoms. The van der Waals surface area contributed by atoms with Gasteiger partial charge in [0.2, 0.25) is 5.91 Å². The van der Waals surface area contributed by atoms with Crippen LogP contribution < -0.4 is 5.73 Å². The van der Waals surface area contributed by atoms with Crippen LogP contribution in [0.5, 0.6) is 0 Å². The van der Waals surface area contributed by atoms with Crippen molar-refractivity contribution in [2.24, 2.45) is 5.73 Å². The van der Waals surface area contributed by atoms with Gasteiger partial charge in [0.1, 0.15) is 5.54 Å². The van der Waals surface area contributed by atoms with Gasteiger partial charge in [-0.05, 0) is 6.42 Å². The van der Waals surface area contributed by atoms with Crippen molar-refractivity contribution in [1.29, 1.82) is 0 Å². The first-order chi connectivity index (χ1) is 5.99. The van der Waals surface area contributed by atoms with E-state index < -0.39 is 11.5 Å². The molecule has 2 N–H and O–H groups in total. The summed E-state index contributed by atoms with van der Waals surface area (Å²) in [6, 6.07) is 0. The lowest BCUT2D eigenvalue weighted by Gasteiger charge is -2.20. The van der Waals surface area contributed by atoms with Crippen LogP contribution in [0.1, 0.15) is 13.3 Å². The van der Waals surface area contributed by atoms with Gasteiger partial charge >= 0.3 is 5.97 Å². The zero-order valence-corrected chi connectivity index (χ0v) is 7.87. The number of hydrogen-bond donors (Lipinski definition) is 1. The van der Waals surface area contributed by atoms with Crippen molar-refractivity contribution < 1.29 is 14.3 Å². The number of ether oxygens (including phenoxy) is 1. The Hall–Kier alpha value is -1.10. The number of methoxy groups -OCH3 is 1. The zero-order chi connectivity index (χ0) is 10.1. The summed E-state index contributed by atoms with van der Waals surface area (Å²) >= 11 is 0. The van der Waals surface area contributed by atoms with Crippen LogP contribution in [-0.2, 0) is 14.3 Å². The maximum atomic E-state index is 11.2. The van der Waals surface area contributed by atoms with Crippen molar-refractivity contribution in [3.05, 3.63) is 0 Å². The highest BCUT2D eigenvalue weighted by molar-refractivity contribution is 5.83. The number of hydrogen-bond acceptors (Lipinski definition) is 4. The zero-order valence-electron chi connectivity index (χ0n) is 7.87. The topological polar surface area (TPSA) is 72.6 Å². The van der Waals surface area contributed by atoms with Crippen LogP contribution in [-0.4, -0.2) is 42.5 Å². The van der Waals surface area contributed by atoms with E-state index in [1.807, 2.05) is 0 Å². The fourth-order valence-corrected chi connectivity index (χ4v) is 1.47. The lowest BCUT2D eigenvalue weighted by Crippen LogP contribution is -2.51. The van der Waals surface area contributed by atoms with E-state index in [0.717, 1.165) is 0 Å². The number of rotatable bonds is 1. The van der Waals surface area contributed by atoms with Gasteiger partial charge in [-0.1, -0.05) is 0 Å². The number of nitrogens with two attached hydrogens (primary N) is 1. The largest absolute Gasteiger partial charge is 0.468 e. The quantitative estimate of drug-likeness (QED) is 0.539. The Kier molecular flexibility index (Phi) is 2.56. The number of amides is 1. The van der Waals surface area contributed by atoms with Gasteiger partial charge < -0.3 is 15.4 Å².